The van der Waals surface area contributed by atoms with Crippen LogP contribution in [0.25, 0.3) is 0 Å². The summed E-state index contributed by atoms with van der Waals surface area (Å²) in [6.45, 7) is 0. The van der Waals surface area contributed by atoms with Crippen molar-refractivity contribution in [3.05, 3.63) is 83.1 Å². The first-order valence-corrected chi connectivity index (χ1v) is 9.85. The molecule has 0 aliphatic heterocycles. The number of nitrogens with one attached hydrogen (secondary N) is 2. The van der Waals surface area contributed by atoms with Crippen LogP contribution in [0.15, 0.2) is 77.5 Å². The summed E-state index contributed by atoms with van der Waals surface area (Å²) in [4.78, 5) is 36.7. The van der Waals surface area contributed by atoms with E-state index < -0.39 is 23.9 Å². The van der Waals surface area contributed by atoms with Gasteiger partial charge in [0.15, 0.2) is 0 Å². The van der Waals surface area contributed by atoms with Crippen LogP contribution in [0, 0.1) is 0 Å². The van der Waals surface area contributed by atoms with E-state index in [2.05, 4.69) is 10.6 Å². The van der Waals surface area contributed by atoms with Gasteiger partial charge in [0.25, 0.3) is 0 Å². The van der Waals surface area contributed by atoms with Gasteiger partial charge in [-0.25, -0.2) is 14.4 Å². The minimum Gasteiger partial charge on any atom is -0.466 e. The third-order valence-corrected chi connectivity index (χ3v) is 4.96. The maximum atomic E-state index is 12.5. The van der Waals surface area contributed by atoms with Gasteiger partial charge < -0.3 is 24.8 Å². The number of allylic oxidation sites excluding steroid dienone is 1. The number of ether oxygens (including phenoxy) is 3. The number of anilines is 2. The molecule has 1 unspecified atom stereocenters. The Kier molecular flexibility index (Phi) is 7.28. The van der Waals surface area contributed by atoms with Gasteiger partial charge in [0, 0.05) is 23.5 Å². The molecule has 32 heavy (non-hydrogen) atoms. The van der Waals surface area contributed by atoms with Crippen LogP contribution in [0.3, 0.4) is 0 Å². The molecule has 0 aromatic heterocycles. The molecule has 2 N–H and O–H groups in total. The van der Waals surface area contributed by atoms with Crippen LogP contribution < -0.4 is 10.6 Å². The van der Waals surface area contributed by atoms with Crippen LogP contribution in [0.4, 0.5) is 11.4 Å². The molecule has 8 heteroatoms. The van der Waals surface area contributed by atoms with E-state index in [0.717, 1.165) is 5.69 Å². The lowest BCUT2D eigenvalue weighted by atomic mass is 9.90. The second kappa shape index (κ2) is 10.3. The molecule has 2 aromatic carbocycles. The predicted molar refractivity (Wildman–Crippen MR) is 119 cm³/mol. The van der Waals surface area contributed by atoms with Crippen molar-refractivity contribution in [2.45, 2.75) is 12.5 Å². The Morgan fingerprint density at radius 3 is 2.00 bits per heavy atom. The molecule has 0 heterocycles. The van der Waals surface area contributed by atoms with Crippen molar-refractivity contribution in [3.63, 3.8) is 0 Å². The van der Waals surface area contributed by atoms with Crippen molar-refractivity contribution in [2.24, 2.45) is 0 Å². The number of methoxy groups -OCH3 is 3. The topological polar surface area (TPSA) is 103 Å². The van der Waals surface area contributed by atoms with Crippen molar-refractivity contribution >= 4 is 29.3 Å². The molecule has 8 nitrogen and oxygen atoms in total. The van der Waals surface area contributed by atoms with Crippen LogP contribution in [-0.2, 0) is 23.8 Å². The molecule has 0 saturated heterocycles. The minimum absolute atomic E-state index is 0.199. The molecule has 2 aromatic rings. The van der Waals surface area contributed by atoms with E-state index in [1.807, 2.05) is 30.3 Å². The lowest BCUT2D eigenvalue weighted by molar-refractivity contribution is -0.138. The van der Waals surface area contributed by atoms with Crippen molar-refractivity contribution in [3.8, 4) is 0 Å². The van der Waals surface area contributed by atoms with Gasteiger partial charge in [-0.2, -0.15) is 0 Å². The van der Waals surface area contributed by atoms with E-state index in [0.29, 0.717) is 28.1 Å². The summed E-state index contributed by atoms with van der Waals surface area (Å²) >= 11 is 0. The van der Waals surface area contributed by atoms with Gasteiger partial charge in [-0.05, 0) is 42.5 Å². The van der Waals surface area contributed by atoms with Gasteiger partial charge in [-0.1, -0.05) is 18.2 Å². The standard InChI is InChI=1S/C24H24N2O6/c1-30-22(27)15-9-11-17(12-10-15)26-21-14-18(23(28)31-2)20(13-19(21)24(29)32-3)25-16-7-5-4-6-8-16/h4-12,14,20,25-26H,13H2,1-3H3. The minimum atomic E-state index is -0.515. The second-order valence-electron chi connectivity index (χ2n) is 6.94. The first-order valence-electron chi connectivity index (χ1n) is 9.85. The average molecular weight is 436 g/mol. The number of benzene rings is 2. The number of rotatable bonds is 7. The Bertz CT molecular complexity index is 1060. The van der Waals surface area contributed by atoms with Gasteiger partial charge in [-0.15, -0.1) is 0 Å². The molecule has 1 aliphatic rings. The molecular weight excluding hydrogens is 412 g/mol. The van der Waals surface area contributed by atoms with Crippen LogP contribution in [0.2, 0.25) is 0 Å². The van der Waals surface area contributed by atoms with Gasteiger partial charge in [0.1, 0.15) is 0 Å². The Labute approximate surface area is 185 Å². The molecule has 0 saturated carbocycles. The maximum Gasteiger partial charge on any atom is 0.337 e. The van der Waals surface area contributed by atoms with E-state index in [1.165, 1.54) is 21.3 Å². The van der Waals surface area contributed by atoms with E-state index in [4.69, 9.17) is 14.2 Å². The second-order valence-corrected chi connectivity index (χ2v) is 6.94. The van der Waals surface area contributed by atoms with Gasteiger partial charge in [-0.3, -0.25) is 0 Å². The Morgan fingerprint density at radius 2 is 1.41 bits per heavy atom. The van der Waals surface area contributed by atoms with E-state index >= 15 is 0 Å². The summed E-state index contributed by atoms with van der Waals surface area (Å²) in [5.41, 5.74) is 2.94. The number of carbonyl (C=O) groups excluding carboxylic acids is 3. The summed E-state index contributed by atoms with van der Waals surface area (Å²) in [7, 11) is 3.92. The predicted octanol–water partition coefficient (Wildman–Crippen LogP) is 3.30. The third kappa shape index (κ3) is 5.15. The van der Waals surface area contributed by atoms with E-state index in [1.54, 1.807) is 30.3 Å². The fourth-order valence-electron chi connectivity index (χ4n) is 3.34. The maximum absolute atomic E-state index is 12.5. The molecule has 0 bridgehead atoms. The molecule has 0 spiro atoms. The molecule has 166 valence electrons. The molecule has 0 amide bonds. The molecule has 0 fully saturated rings. The summed E-state index contributed by atoms with van der Waals surface area (Å²) in [6.07, 6.45) is 1.78. The van der Waals surface area contributed by atoms with Crippen LogP contribution >= 0.6 is 0 Å². The quantitative estimate of drug-likeness (QED) is 0.504. The highest BCUT2D eigenvalue weighted by Crippen LogP contribution is 2.30. The molecule has 0 radical (unpaired) electrons. The lowest BCUT2D eigenvalue weighted by Gasteiger charge is -2.28. The van der Waals surface area contributed by atoms with Crippen molar-refractivity contribution in [1.82, 2.24) is 0 Å². The highest BCUT2D eigenvalue weighted by atomic mass is 16.5. The first kappa shape index (κ1) is 22.6. The summed E-state index contributed by atoms with van der Waals surface area (Å²) in [5, 5.41) is 6.41. The monoisotopic (exact) mass is 436 g/mol. The number of hydrogen-bond acceptors (Lipinski definition) is 8. The van der Waals surface area contributed by atoms with Crippen molar-refractivity contribution in [2.75, 3.05) is 32.0 Å². The lowest BCUT2D eigenvalue weighted by Crippen LogP contribution is -2.33. The van der Waals surface area contributed by atoms with Crippen molar-refractivity contribution in [1.29, 1.82) is 0 Å². The fourth-order valence-corrected chi connectivity index (χ4v) is 3.34. The molecule has 1 atom stereocenters. The van der Waals surface area contributed by atoms with E-state index in [-0.39, 0.29) is 6.42 Å². The third-order valence-electron chi connectivity index (χ3n) is 4.96. The van der Waals surface area contributed by atoms with Crippen LogP contribution in [-0.4, -0.2) is 45.3 Å². The molecule has 1 aliphatic carbocycles. The zero-order valence-electron chi connectivity index (χ0n) is 18.0. The van der Waals surface area contributed by atoms with Gasteiger partial charge >= 0.3 is 17.9 Å². The van der Waals surface area contributed by atoms with Crippen molar-refractivity contribution < 1.29 is 28.6 Å². The smallest absolute Gasteiger partial charge is 0.337 e. The number of esters is 3. The normalized spacial score (nSPS) is 15.3. The van der Waals surface area contributed by atoms with Crippen LogP contribution in [0.5, 0.6) is 0 Å². The number of hydrogen-bond donors (Lipinski definition) is 2. The van der Waals surface area contributed by atoms with Crippen LogP contribution in [0.1, 0.15) is 16.8 Å². The largest absolute Gasteiger partial charge is 0.466 e. The Hall–Kier alpha value is -4.07. The summed E-state index contributed by atoms with van der Waals surface area (Å²) in [5.74, 6) is -1.48. The number of para-hydroxylation sites is 1. The summed E-state index contributed by atoms with van der Waals surface area (Å²) in [6, 6.07) is 15.4. The average Bonchev–Trinajstić information content (AvgIpc) is 2.84. The zero-order valence-corrected chi connectivity index (χ0v) is 18.0. The van der Waals surface area contributed by atoms with Gasteiger partial charge in [0.05, 0.1) is 44.1 Å². The zero-order chi connectivity index (χ0) is 23.1. The van der Waals surface area contributed by atoms with Gasteiger partial charge in [0.2, 0.25) is 0 Å². The first-order chi connectivity index (χ1) is 15.5. The Morgan fingerprint density at radius 1 is 0.781 bits per heavy atom. The molecule has 3 rings (SSSR count). The SMILES string of the molecule is COC(=O)C1=CC(Nc2ccc(C(=O)OC)cc2)=C(C(=O)OC)CC1Nc1ccccc1. The Balaban J connectivity index is 1.95. The fraction of sp³-hybridized carbons (Fsp3) is 0.208. The highest BCUT2D eigenvalue weighted by Gasteiger charge is 2.32. The highest BCUT2D eigenvalue weighted by molar-refractivity contribution is 5.97. The summed E-state index contributed by atoms with van der Waals surface area (Å²) < 4.78 is 14.6. The molecular formula is C24H24N2O6. The van der Waals surface area contributed by atoms with E-state index in [9.17, 15) is 14.4 Å². The number of carbonyl (C=O) groups is 3.